The van der Waals surface area contributed by atoms with Crippen molar-refractivity contribution in [1.29, 1.82) is 0 Å². The molecule has 0 saturated heterocycles. The minimum Gasteiger partial charge on any atom is -0.384 e. The van der Waals surface area contributed by atoms with Crippen molar-refractivity contribution in [1.82, 2.24) is 19.5 Å². The van der Waals surface area contributed by atoms with Gasteiger partial charge < -0.3 is 16.0 Å². The summed E-state index contributed by atoms with van der Waals surface area (Å²) in [7, 11) is 4.05. The fraction of sp³-hybridized carbons (Fsp3) is 0.280. The molecule has 35 heavy (non-hydrogen) atoms. The van der Waals surface area contributed by atoms with E-state index in [9.17, 15) is 4.79 Å². The number of halogens is 2. The first-order valence-corrected chi connectivity index (χ1v) is 11.9. The molecule has 8 nitrogen and oxygen atoms in total. The van der Waals surface area contributed by atoms with Crippen LogP contribution in [0.3, 0.4) is 0 Å². The third-order valence-electron chi connectivity index (χ3n) is 6.55. The fourth-order valence-electron chi connectivity index (χ4n) is 4.81. The minimum absolute atomic E-state index is 0.107. The number of nitrogens with two attached hydrogens (primary N) is 1. The van der Waals surface area contributed by atoms with Crippen molar-refractivity contribution in [3.05, 3.63) is 68.2 Å². The van der Waals surface area contributed by atoms with Crippen LogP contribution in [-0.2, 0) is 11.8 Å². The highest BCUT2D eigenvalue weighted by Crippen LogP contribution is 2.45. The number of hydrogen-bond donors (Lipinski definition) is 2. The Morgan fingerprint density at radius 1 is 1.11 bits per heavy atom. The molecule has 2 aromatic heterocycles. The molecule has 0 radical (unpaired) electrons. The maximum Gasteiger partial charge on any atom is 0.355 e. The van der Waals surface area contributed by atoms with E-state index >= 15 is 0 Å². The number of nitrogens with one attached hydrogen (secondary N) is 1. The van der Waals surface area contributed by atoms with Gasteiger partial charge in [0.15, 0.2) is 5.65 Å². The molecule has 1 aliphatic rings. The predicted molar refractivity (Wildman–Crippen MR) is 143 cm³/mol. The lowest BCUT2D eigenvalue weighted by atomic mass is 9.86. The Morgan fingerprint density at radius 3 is 2.51 bits per heavy atom. The van der Waals surface area contributed by atoms with E-state index in [1.54, 1.807) is 24.4 Å². The van der Waals surface area contributed by atoms with Crippen LogP contribution in [0.2, 0.25) is 10.0 Å². The van der Waals surface area contributed by atoms with Crippen molar-refractivity contribution >= 4 is 57.4 Å². The van der Waals surface area contributed by atoms with Gasteiger partial charge in [0.2, 0.25) is 5.95 Å². The molecule has 3 N–H and O–H groups in total. The van der Waals surface area contributed by atoms with Gasteiger partial charge in [-0.2, -0.15) is 9.97 Å². The molecule has 0 atom stereocenters. The van der Waals surface area contributed by atoms with Crippen LogP contribution in [0.5, 0.6) is 0 Å². The fourth-order valence-corrected chi connectivity index (χ4v) is 5.38. The minimum atomic E-state index is -0.636. The summed E-state index contributed by atoms with van der Waals surface area (Å²) in [5.74, 6) is 0.424. The van der Waals surface area contributed by atoms with E-state index in [4.69, 9.17) is 28.9 Å². The van der Waals surface area contributed by atoms with E-state index in [-0.39, 0.29) is 32.6 Å². The van der Waals surface area contributed by atoms with Crippen LogP contribution in [-0.4, -0.2) is 33.6 Å². The summed E-state index contributed by atoms with van der Waals surface area (Å²) in [5.41, 5.74) is 11.0. The topological polar surface area (TPSA) is 102 Å². The average Bonchev–Trinajstić information content (AvgIpc) is 3.09. The second-order valence-electron chi connectivity index (χ2n) is 9.51. The van der Waals surface area contributed by atoms with E-state index in [1.807, 2.05) is 20.2 Å². The number of benzene rings is 2. The van der Waals surface area contributed by atoms with Crippen LogP contribution in [0.4, 0.5) is 23.1 Å². The number of anilines is 4. The number of hydrogen-bond acceptors (Lipinski definition) is 7. The Morgan fingerprint density at radius 2 is 1.83 bits per heavy atom. The predicted octanol–water partition coefficient (Wildman–Crippen LogP) is 5.10. The van der Waals surface area contributed by atoms with Gasteiger partial charge in [-0.3, -0.25) is 0 Å². The summed E-state index contributed by atoms with van der Waals surface area (Å²) in [4.78, 5) is 28.1. The summed E-state index contributed by atoms with van der Waals surface area (Å²) in [6, 6.07) is 9.16. The largest absolute Gasteiger partial charge is 0.384 e. The molecule has 1 aliphatic carbocycles. The molecule has 0 amide bonds. The van der Waals surface area contributed by atoms with Gasteiger partial charge in [0, 0.05) is 20.3 Å². The van der Waals surface area contributed by atoms with Gasteiger partial charge in [-0.05, 0) is 47.6 Å². The third-order valence-corrected chi connectivity index (χ3v) is 7.16. The van der Waals surface area contributed by atoms with Crippen LogP contribution in [0.1, 0.15) is 31.4 Å². The smallest absolute Gasteiger partial charge is 0.355 e. The second kappa shape index (κ2) is 8.39. The third kappa shape index (κ3) is 3.86. The lowest BCUT2D eigenvalue weighted by Gasteiger charge is -2.24. The Kier molecular flexibility index (Phi) is 5.61. The van der Waals surface area contributed by atoms with E-state index in [1.165, 1.54) is 15.7 Å². The SMILES string of the molecule is CN(C)c1c(Nc2ncc3c(N)n(-c4c(Cl)cccc4Cl)c(=O)nc3n2)ccc2c1CCC2(C)C. The molecule has 0 aliphatic heterocycles. The zero-order valence-corrected chi connectivity index (χ0v) is 21.4. The highest BCUT2D eigenvalue weighted by molar-refractivity contribution is 6.37. The summed E-state index contributed by atoms with van der Waals surface area (Å²) in [6.07, 6.45) is 3.65. The number of aromatic nitrogens is 4. The highest BCUT2D eigenvalue weighted by atomic mass is 35.5. The molecule has 4 aromatic rings. The highest BCUT2D eigenvalue weighted by Gasteiger charge is 2.33. The first-order valence-electron chi connectivity index (χ1n) is 11.2. The molecule has 0 fully saturated rings. The van der Waals surface area contributed by atoms with Crippen LogP contribution in [0, 0.1) is 0 Å². The zero-order valence-electron chi connectivity index (χ0n) is 19.9. The number of fused-ring (bicyclic) bond motifs is 2. The van der Waals surface area contributed by atoms with Crippen LogP contribution >= 0.6 is 23.2 Å². The standard InChI is InChI=1S/C25H25Cl2N7O/c1-25(2)11-10-13-15(25)8-9-18(19(13)33(3)4)30-23-29-12-14-21(28)34(24(35)32-22(14)31-23)20-16(26)6-5-7-17(20)27/h5-9,12H,10-11,28H2,1-4H3,(H,30,31,32,35). The molecule has 180 valence electrons. The molecular formula is C25H25Cl2N7O. The van der Waals surface area contributed by atoms with Crippen molar-refractivity contribution in [3.8, 4) is 5.69 Å². The Hall–Kier alpha value is -3.36. The first kappa shape index (κ1) is 23.4. The van der Waals surface area contributed by atoms with E-state index < -0.39 is 5.69 Å². The monoisotopic (exact) mass is 509 g/mol. The van der Waals surface area contributed by atoms with Crippen molar-refractivity contribution in [2.45, 2.75) is 32.1 Å². The molecule has 2 heterocycles. The second-order valence-corrected chi connectivity index (χ2v) is 10.3. The van der Waals surface area contributed by atoms with E-state index in [0.29, 0.717) is 11.3 Å². The van der Waals surface area contributed by atoms with E-state index in [2.05, 4.69) is 45.1 Å². The van der Waals surface area contributed by atoms with Crippen LogP contribution < -0.4 is 21.6 Å². The van der Waals surface area contributed by atoms with Gasteiger partial charge >= 0.3 is 5.69 Å². The maximum atomic E-state index is 12.9. The molecular weight excluding hydrogens is 485 g/mol. The average molecular weight is 510 g/mol. The Labute approximate surface area is 212 Å². The molecule has 10 heteroatoms. The normalized spacial score (nSPS) is 14.2. The van der Waals surface area contributed by atoms with Crippen LogP contribution in [0.25, 0.3) is 16.7 Å². The van der Waals surface area contributed by atoms with Gasteiger partial charge in [-0.15, -0.1) is 0 Å². The van der Waals surface area contributed by atoms with Crippen LogP contribution in [0.15, 0.2) is 41.3 Å². The molecule has 0 unspecified atom stereocenters. The van der Waals surface area contributed by atoms with Crippen molar-refractivity contribution in [2.75, 3.05) is 30.0 Å². The van der Waals surface area contributed by atoms with Crippen molar-refractivity contribution in [3.63, 3.8) is 0 Å². The quantitative estimate of drug-likeness (QED) is 0.394. The summed E-state index contributed by atoms with van der Waals surface area (Å²) >= 11 is 12.6. The van der Waals surface area contributed by atoms with Crippen molar-refractivity contribution < 1.29 is 0 Å². The summed E-state index contributed by atoms with van der Waals surface area (Å²) in [5, 5.41) is 4.28. The lowest BCUT2D eigenvalue weighted by molar-refractivity contribution is 0.522. The van der Waals surface area contributed by atoms with Gasteiger partial charge in [-0.25, -0.2) is 14.3 Å². The molecule has 0 spiro atoms. The number of rotatable bonds is 4. The van der Waals surface area contributed by atoms with Gasteiger partial charge in [0.25, 0.3) is 0 Å². The van der Waals surface area contributed by atoms with E-state index in [0.717, 1.165) is 24.2 Å². The Balaban J connectivity index is 1.59. The Bertz CT molecular complexity index is 1530. The van der Waals surface area contributed by atoms with Crippen molar-refractivity contribution in [2.24, 2.45) is 0 Å². The molecule has 0 bridgehead atoms. The number of nitrogen functional groups attached to an aromatic ring is 1. The molecule has 5 rings (SSSR count). The molecule has 2 aromatic carbocycles. The number of nitrogens with zero attached hydrogens (tertiary/aromatic N) is 5. The lowest BCUT2D eigenvalue weighted by Crippen LogP contribution is -2.25. The number of para-hydroxylation sites is 1. The molecule has 0 saturated carbocycles. The zero-order chi connectivity index (χ0) is 25.1. The first-order chi connectivity index (χ1) is 16.6. The summed E-state index contributed by atoms with van der Waals surface area (Å²) in [6.45, 7) is 4.55. The van der Waals surface area contributed by atoms with Gasteiger partial charge in [0.05, 0.1) is 32.5 Å². The maximum absolute atomic E-state index is 12.9. The van der Waals surface area contributed by atoms with Gasteiger partial charge in [-0.1, -0.05) is 49.2 Å². The summed E-state index contributed by atoms with van der Waals surface area (Å²) < 4.78 is 1.18. The van der Waals surface area contributed by atoms with Gasteiger partial charge in [0.1, 0.15) is 5.82 Å².